The first kappa shape index (κ1) is 10.3. The summed E-state index contributed by atoms with van der Waals surface area (Å²) in [7, 11) is 0. The van der Waals surface area contributed by atoms with Gasteiger partial charge in [-0.05, 0) is 38.1 Å². The number of nitrogens with one attached hydrogen (secondary N) is 1. The van der Waals surface area contributed by atoms with Gasteiger partial charge in [0.2, 0.25) is 5.89 Å². The lowest BCUT2D eigenvalue weighted by Gasteiger charge is -2.19. The fourth-order valence-electron chi connectivity index (χ4n) is 2.44. The number of hydrogen-bond acceptors (Lipinski definition) is 4. The standard InChI is InChI=1S/C12H19N3O/c1-8(9-5-6-9)12-14-11(15-16-12)10-4-2-3-7-13-10/h8-10,13H,2-7H2,1H3. The van der Waals surface area contributed by atoms with Gasteiger partial charge in [-0.3, -0.25) is 0 Å². The Morgan fingerprint density at radius 2 is 2.19 bits per heavy atom. The smallest absolute Gasteiger partial charge is 0.229 e. The van der Waals surface area contributed by atoms with Crippen molar-refractivity contribution in [3.8, 4) is 0 Å². The first-order valence-electron chi connectivity index (χ1n) is 6.41. The molecule has 1 aliphatic heterocycles. The molecule has 1 saturated heterocycles. The maximum absolute atomic E-state index is 5.38. The first-order valence-corrected chi connectivity index (χ1v) is 6.41. The second-order valence-corrected chi connectivity index (χ2v) is 5.12. The summed E-state index contributed by atoms with van der Waals surface area (Å²) >= 11 is 0. The molecule has 3 rings (SSSR count). The van der Waals surface area contributed by atoms with Crippen LogP contribution in [0.2, 0.25) is 0 Å². The van der Waals surface area contributed by atoms with Crippen LogP contribution in [0.3, 0.4) is 0 Å². The third-order valence-corrected chi connectivity index (χ3v) is 3.80. The summed E-state index contributed by atoms with van der Waals surface area (Å²) in [6, 6.07) is 0.317. The molecule has 88 valence electrons. The maximum atomic E-state index is 5.38. The average Bonchev–Trinajstić information content (AvgIpc) is 3.07. The van der Waals surface area contributed by atoms with Gasteiger partial charge in [0.15, 0.2) is 5.82 Å². The molecule has 1 aromatic rings. The highest BCUT2D eigenvalue weighted by atomic mass is 16.5. The lowest BCUT2D eigenvalue weighted by Crippen LogP contribution is -2.27. The molecule has 0 bridgehead atoms. The predicted molar refractivity (Wildman–Crippen MR) is 60.0 cm³/mol. The van der Waals surface area contributed by atoms with Crippen molar-refractivity contribution >= 4 is 0 Å². The highest BCUT2D eigenvalue weighted by Crippen LogP contribution is 2.41. The summed E-state index contributed by atoms with van der Waals surface area (Å²) in [5.74, 6) is 2.93. The number of rotatable bonds is 3. The minimum Gasteiger partial charge on any atom is -0.339 e. The molecule has 4 heteroatoms. The number of hydrogen-bond donors (Lipinski definition) is 1. The van der Waals surface area contributed by atoms with E-state index in [1.807, 2.05) is 0 Å². The molecule has 4 nitrogen and oxygen atoms in total. The molecular weight excluding hydrogens is 202 g/mol. The largest absolute Gasteiger partial charge is 0.339 e. The van der Waals surface area contributed by atoms with Gasteiger partial charge in [0.05, 0.1) is 6.04 Å². The van der Waals surface area contributed by atoms with Gasteiger partial charge in [-0.1, -0.05) is 18.5 Å². The van der Waals surface area contributed by atoms with E-state index in [9.17, 15) is 0 Å². The van der Waals surface area contributed by atoms with Crippen molar-refractivity contribution in [3.05, 3.63) is 11.7 Å². The normalized spacial score (nSPS) is 27.9. The molecular formula is C12H19N3O. The summed E-state index contributed by atoms with van der Waals surface area (Å²) in [6.45, 7) is 3.27. The van der Waals surface area contributed by atoms with Gasteiger partial charge in [-0.2, -0.15) is 4.98 Å². The Morgan fingerprint density at radius 3 is 2.88 bits per heavy atom. The Balaban J connectivity index is 1.70. The molecule has 1 N–H and O–H groups in total. The highest BCUT2D eigenvalue weighted by molar-refractivity contribution is 5.02. The van der Waals surface area contributed by atoms with Crippen molar-refractivity contribution in [1.82, 2.24) is 15.5 Å². The summed E-state index contributed by atoms with van der Waals surface area (Å²) in [5.41, 5.74) is 0. The Morgan fingerprint density at radius 1 is 1.31 bits per heavy atom. The molecule has 2 unspecified atom stereocenters. The Kier molecular flexibility index (Phi) is 2.67. The number of nitrogens with zero attached hydrogens (tertiary/aromatic N) is 2. The van der Waals surface area contributed by atoms with Crippen molar-refractivity contribution in [2.24, 2.45) is 5.92 Å². The molecule has 0 aromatic carbocycles. The van der Waals surface area contributed by atoms with Gasteiger partial charge >= 0.3 is 0 Å². The van der Waals surface area contributed by atoms with E-state index in [1.54, 1.807) is 0 Å². The zero-order valence-corrected chi connectivity index (χ0v) is 9.78. The number of piperidine rings is 1. The Bertz CT molecular complexity index is 353. The Labute approximate surface area is 95.8 Å². The summed E-state index contributed by atoms with van der Waals surface area (Å²) in [5, 5.41) is 7.57. The molecule has 2 atom stereocenters. The molecule has 1 saturated carbocycles. The van der Waals surface area contributed by atoms with Crippen molar-refractivity contribution in [3.63, 3.8) is 0 Å². The molecule has 2 heterocycles. The molecule has 16 heavy (non-hydrogen) atoms. The zero-order chi connectivity index (χ0) is 11.0. The van der Waals surface area contributed by atoms with Crippen LogP contribution in [-0.4, -0.2) is 16.7 Å². The van der Waals surface area contributed by atoms with Crippen LogP contribution in [0.4, 0.5) is 0 Å². The molecule has 0 spiro atoms. The fourth-order valence-corrected chi connectivity index (χ4v) is 2.44. The van der Waals surface area contributed by atoms with E-state index in [1.165, 1.54) is 25.7 Å². The SMILES string of the molecule is CC(c1nc(C2CCCCN2)no1)C1CC1. The van der Waals surface area contributed by atoms with Crippen LogP contribution in [-0.2, 0) is 0 Å². The van der Waals surface area contributed by atoms with E-state index in [2.05, 4.69) is 22.4 Å². The summed E-state index contributed by atoms with van der Waals surface area (Å²) < 4.78 is 5.38. The van der Waals surface area contributed by atoms with Crippen molar-refractivity contribution < 1.29 is 4.52 Å². The van der Waals surface area contributed by atoms with Gasteiger partial charge in [-0.25, -0.2) is 0 Å². The third-order valence-electron chi connectivity index (χ3n) is 3.80. The highest BCUT2D eigenvalue weighted by Gasteiger charge is 2.33. The van der Waals surface area contributed by atoms with Gasteiger partial charge in [-0.15, -0.1) is 0 Å². The van der Waals surface area contributed by atoms with E-state index in [0.717, 1.165) is 30.6 Å². The van der Waals surface area contributed by atoms with Crippen LogP contribution in [0.15, 0.2) is 4.52 Å². The zero-order valence-electron chi connectivity index (χ0n) is 9.78. The van der Waals surface area contributed by atoms with Crippen LogP contribution < -0.4 is 5.32 Å². The number of aromatic nitrogens is 2. The monoisotopic (exact) mass is 221 g/mol. The lowest BCUT2D eigenvalue weighted by atomic mass is 10.0. The van der Waals surface area contributed by atoms with Crippen LogP contribution in [0.5, 0.6) is 0 Å². The third kappa shape index (κ3) is 1.98. The summed E-state index contributed by atoms with van der Waals surface area (Å²) in [6.07, 6.45) is 6.30. The van der Waals surface area contributed by atoms with Crippen LogP contribution in [0, 0.1) is 5.92 Å². The summed E-state index contributed by atoms with van der Waals surface area (Å²) in [4.78, 5) is 4.55. The molecule has 2 fully saturated rings. The van der Waals surface area contributed by atoms with E-state index in [-0.39, 0.29) is 0 Å². The average molecular weight is 221 g/mol. The predicted octanol–water partition coefficient (Wildman–Crippen LogP) is 2.40. The Hall–Kier alpha value is -0.900. The van der Waals surface area contributed by atoms with Crippen molar-refractivity contribution in [2.45, 2.75) is 51.0 Å². The van der Waals surface area contributed by atoms with Gasteiger partial charge in [0.1, 0.15) is 0 Å². The van der Waals surface area contributed by atoms with E-state index in [4.69, 9.17) is 4.52 Å². The molecule has 0 radical (unpaired) electrons. The van der Waals surface area contributed by atoms with Crippen molar-refractivity contribution in [2.75, 3.05) is 6.54 Å². The fraction of sp³-hybridized carbons (Fsp3) is 0.833. The topological polar surface area (TPSA) is 51.0 Å². The quantitative estimate of drug-likeness (QED) is 0.851. The van der Waals surface area contributed by atoms with Gasteiger partial charge < -0.3 is 9.84 Å². The van der Waals surface area contributed by atoms with Gasteiger partial charge in [0, 0.05) is 5.92 Å². The van der Waals surface area contributed by atoms with E-state index in [0.29, 0.717) is 12.0 Å². The van der Waals surface area contributed by atoms with Gasteiger partial charge in [0.25, 0.3) is 0 Å². The second kappa shape index (κ2) is 4.17. The first-order chi connectivity index (χ1) is 7.84. The van der Waals surface area contributed by atoms with Crippen molar-refractivity contribution in [1.29, 1.82) is 0 Å². The minimum atomic E-state index is 0.317. The molecule has 1 aliphatic carbocycles. The minimum absolute atomic E-state index is 0.317. The molecule has 2 aliphatic rings. The lowest BCUT2D eigenvalue weighted by molar-refractivity contribution is 0.332. The maximum Gasteiger partial charge on any atom is 0.229 e. The second-order valence-electron chi connectivity index (χ2n) is 5.12. The van der Waals surface area contributed by atoms with E-state index >= 15 is 0 Å². The molecule has 0 amide bonds. The van der Waals surface area contributed by atoms with Crippen LogP contribution in [0.1, 0.15) is 62.7 Å². The van der Waals surface area contributed by atoms with Crippen LogP contribution in [0.25, 0.3) is 0 Å². The molecule has 1 aromatic heterocycles. The van der Waals surface area contributed by atoms with E-state index < -0.39 is 0 Å². The van der Waals surface area contributed by atoms with Crippen LogP contribution >= 0.6 is 0 Å².